The number of methoxy groups -OCH3 is 1. The number of aromatic nitrogens is 3. The van der Waals surface area contributed by atoms with Crippen LogP contribution in [-0.4, -0.2) is 113 Å². The van der Waals surface area contributed by atoms with Crippen LogP contribution in [0.4, 0.5) is 37.6 Å². The third-order valence-corrected chi connectivity index (χ3v) is 18.5. The van der Waals surface area contributed by atoms with Crippen molar-refractivity contribution in [3.8, 4) is 5.75 Å². The molecule has 2 aromatic heterocycles. The SMILES string of the molecule is CCc1cc(Nc2ncc(Br)c(Nc3ccc4nc(C)ccc4c3[PH]3(O)CCCC3)n2)c(OC)cc1N1CCC(N2CCN(CCc3cc(F)c(C4CCC(=O)NC4=O)c(F)c3)CC2)CC1. The van der Waals surface area contributed by atoms with Crippen LogP contribution in [0.15, 0.2) is 59.2 Å². The molecule has 350 valence electrons. The number of nitrogens with one attached hydrogen (secondary N) is 3. The number of benzene rings is 3. The van der Waals surface area contributed by atoms with E-state index in [0.717, 1.165) is 117 Å². The van der Waals surface area contributed by atoms with Crippen LogP contribution in [0.3, 0.4) is 0 Å². The smallest absolute Gasteiger partial charge is 0.300 e. The summed E-state index contributed by atoms with van der Waals surface area (Å²) in [4.78, 5) is 57.6. The number of piperazine rings is 1. The van der Waals surface area contributed by atoms with E-state index < -0.39 is 36.9 Å². The first kappa shape index (κ1) is 46.3. The third-order valence-electron chi connectivity index (χ3n) is 14.1. The number of aryl methyl sites for hydroxylation is 2. The molecule has 0 saturated carbocycles. The molecule has 1 unspecified atom stereocenters. The van der Waals surface area contributed by atoms with Gasteiger partial charge in [0.15, 0.2) is 0 Å². The van der Waals surface area contributed by atoms with E-state index in [9.17, 15) is 14.5 Å². The first-order chi connectivity index (χ1) is 31.9. The molecule has 13 nitrogen and oxygen atoms in total. The van der Waals surface area contributed by atoms with Gasteiger partial charge in [0, 0.05) is 63.8 Å². The minimum Gasteiger partial charge on any atom is -0.300 e. The number of imide groups is 1. The van der Waals surface area contributed by atoms with Gasteiger partial charge in [-0.2, -0.15) is 0 Å². The molecule has 0 radical (unpaired) electrons. The Morgan fingerprint density at radius 1 is 0.924 bits per heavy atom. The molecule has 4 aliphatic heterocycles. The van der Waals surface area contributed by atoms with Gasteiger partial charge in [0.1, 0.15) is 11.6 Å². The molecule has 17 heteroatoms. The number of fused-ring (bicyclic) bond motifs is 1. The van der Waals surface area contributed by atoms with Gasteiger partial charge in [-0.15, -0.1) is 0 Å². The normalized spacial score (nSPS) is 20.1. The monoisotopic (exact) mass is 985 g/mol. The molecule has 1 atom stereocenters. The minimum absolute atomic E-state index is 0.0668. The molecule has 66 heavy (non-hydrogen) atoms. The van der Waals surface area contributed by atoms with Crippen LogP contribution in [0.25, 0.3) is 10.9 Å². The zero-order chi connectivity index (χ0) is 46.1. The van der Waals surface area contributed by atoms with Crippen molar-refractivity contribution < 1.29 is 28.0 Å². The van der Waals surface area contributed by atoms with Gasteiger partial charge in [-0.1, -0.05) is 0 Å². The Hall–Kier alpha value is -4.86. The molecule has 4 fully saturated rings. The summed E-state index contributed by atoms with van der Waals surface area (Å²) in [6.45, 7) is 10.4. The topological polar surface area (TPSA) is 148 Å². The summed E-state index contributed by atoms with van der Waals surface area (Å²) >= 11 is 3.67. The first-order valence-electron chi connectivity index (χ1n) is 23.3. The number of hydrogen-bond donors (Lipinski definition) is 4. The summed E-state index contributed by atoms with van der Waals surface area (Å²) in [6, 6.07) is 15.6. The van der Waals surface area contributed by atoms with E-state index in [0.29, 0.717) is 46.6 Å². The van der Waals surface area contributed by atoms with Crippen molar-refractivity contribution in [3.63, 3.8) is 0 Å². The number of piperidine rings is 2. The zero-order valence-electron chi connectivity index (χ0n) is 37.9. The van der Waals surface area contributed by atoms with Crippen molar-refractivity contribution in [3.05, 3.63) is 93.2 Å². The number of carbonyl (C=O) groups excluding carboxylic acids is 2. The second-order valence-corrected chi connectivity index (χ2v) is 22.7. The molecule has 0 aliphatic carbocycles. The van der Waals surface area contributed by atoms with E-state index in [2.05, 4.69) is 76.7 Å². The molecular formula is C49H59BrF2N9O4P. The van der Waals surface area contributed by atoms with E-state index in [4.69, 9.17) is 14.7 Å². The molecule has 4 saturated heterocycles. The van der Waals surface area contributed by atoms with E-state index in [-0.39, 0.29) is 18.4 Å². The molecule has 0 spiro atoms. The second kappa shape index (κ2) is 19.8. The number of amides is 2. The van der Waals surface area contributed by atoms with Crippen LogP contribution < -0.4 is 30.9 Å². The molecule has 2 amide bonds. The van der Waals surface area contributed by atoms with Crippen LogP contribution in [0.1, 0.15) is 73.8 Å². The standard InChI is InChI=1S/C49H59BrF2N9O4P/c1-4-32-27-41(56-49-53-29-36(50)47(58-49)55-40-11-10-39-34(8-7-30(2)54-39)46(40)66(64)23-5-6-24-66)43(65-3)28-42(32)61-17-14-33(15-18-61)60-21-19-59(20-22-60)16-13-31-25-37(51)45(38(52)26-31)35-9-12-44(62)57-48(35)63/h7-8,10-11,25-29,33,35,64,66H,4-6,9,12-24H2,1-3H3,(H,57,62,63)(H2,53,55,56,58). The molecule has 0 bridgehead atoms. The van der Waals surface area contributed by atoms with Crippen molar-refractivity contribution in [1.82, 2.24) is 30.1 Å². The summed E-state index contributed by atoms with van der Waals surface area (Å²) in [7, 11) is -1.07. The van der Waals surface area contributed by atoms with Gasteiger partial charge in [-0.3, -0.25) is 19.8 Å². The maximum atomic E-state index is 15.1. The molecule has 4 aliphatic rings. The fraction of sp³-hybridized carbons (Fsp3) is 0.449. The number of halogens is 3. The fourth-order valence-corrected chi connectivity index (χ4v) is 14.6. The predicted octanol–water partition coefficient (Wildman–Crippen LogP) is 7.86. The van der Waals surface area contributed by atoms with E-state index >= 15 is 8.78 Å². The average molecular weight is 987 g/mol. The quantitative estimate of drug-likeness (QED) is 0.0673. The summed E-state index contributed by atoms with van der Waals surface area (Å²) in [5.74, 6) is -1.81. The number of pyridine rings is 1. The Morgan fingerprint density at radius 2 is 1.67 bits per heavy atom. The second-order valence-electron chi connectivity index (χ2n) is 18.2. The predicted molar refractivity (Wildman–Crippen MR) is 263 cm³/mol. The summed E-state index contributed by atoms with van der Waals surface area (Å²) in [5.41, 5.74) is 6.13. The van der Waals surface area contributed by atoms with Crippen LogP contribution in [-0.2, 0) is 22.4 Å². The van der Waals surface area contributed by atoms with Gasteiger partial charge in [0.25, 0.3) is 0 Å². The van der Waals surface area contributed by atoms with E-state index in [1.165, 1.54) is 23.4 Å². The average Bonchev–Trinajstić information content (AvgIpc) is 3.76. The van der Waals surface area contributed by atoms with Crippen LogP contribution in [0.5, 0.6) is 5.75 Å². The summed E-state index contributed by atoms with van der Waals surface area (Å²) in [6.07, 6.45) is 9.02. The number of carbonyl (C=O) groups is 2. The molecule has 6 heterocycles. The van der Waals surface area contributed by atoms with Crippen molar-refractivity contribution in [2.24, 2.45) is 0 Å². The Morgan fingerprint density at radius 3 is 2.36 bits per heavy atom. The number of ether oxygens (including phenoxy) is 1. The van der Waals surface area contributed by atoms with Crippen LogP contribution >= 0.6 is 23.4 Å². The Kier molecular flexibility index (Phi) is 13.9. The summed E-state index contributed by atoms with van der Waals surface area (Å²) < 4.78 is 36.9. The molecule has 3 aromatic carbocycles. The van der Waals surface area contributed by atoms with Gasteiger partial charge in [0.2, 0.25) is 11.8 Å². The zero-order valence-corrected chi connectivity index (χ0v) is 40.4. The number of hydrogen-bond acceptors (Lipinski definition) is 12. The van der Waals surface area contributed by atoms with Gasteiger partial charge in [-0.05, 0) is 43.4 Å². The Bertz CT molecular complexity index is 2610. The van der Waals surface area contributed by atoms with Gasteiger partial charge in [-0.25, -0.2) is 8.78 Å². The molecule has 5 aromatic rings. The van der Waals surface area contributed by atoms with Crippen molar-refractivity contribution in [1.29, 1.82) is 0 Å². The number of rotatable bonds is 13. The van der Waals surface area contributed by atoms with Crippen molar-refractivity contribution in [2.45, 2.75) is 77.2 Å². The Labute approximate surface area is 393 Å². The first-order valence-corrected chi connectivity index (χ1v) is 26.5. The fourth-order valence-electron chi connectivity index (χ4n) is 10.5. The van der Waals surface area contributed by atoms with E-state index in [1.807, 2.05) is 25.1 Å². The maximum absolute atomic E-state index is 15.1. The summed E-state index contributed by atoms with van der Waals surface area (Å²) in [5, 5.41) is 11.2. The number of anilines is 5. The molecular weight excluding hydrogens is 927 g/mol. The van der Waals surface area contributed by atoms with Crippen molar-refractivity contribution in [2.75, 3.05) is 80.8 Å². The van der Waals surface area contributed by atoms with Crippen LogP contribution in [0.2, 0.25) is 0 Å². The van der Waals surface area contributed by atoms with Gasteiger partial charge >= 0.3 is 225 Å². The van der Waals surface area contributed by atoms with Crippen LogP contribution in [0, 0.1) is 18.6 Å². The van der Waals surface area contributed by atoms with E-state index in [1.54, 1.807) is 13.3 Å². The van der Waals surface area contributed by atoms with Crippen molar-refractivity contribution >= 4 is 80.3 Å². The molecule has 4 N–H and O–H groups in total. The van der Waals surface area contributed by atoms with Gasteiger partial charge in [0.05, 0.1) is 5.92 Å². The number of nitrogens with zero attached hydrogens (tertiary/aromatic N) is 6. The minimum atomic E-state index is -2.75. The van der Waals surface area contributed by atoms with Gasteiger partial charge < -0.3 is 4.90 Å². The third kappa shape index (κ3) is 9.76. The Balaban J connectivity index is 0.813. The molecule has 9 rings (SSSR count).